The highest BCUT2D eigenvalue weighted by atomic mass is 35.5. The number of nitrogens with one attached hydrogen (secondary N) is 1. The normalized spacial score (nSPS) is 17.6. The maximum Gasteiger partial charge on any atom is 0.251 e. The van der Waals surface area contributed by atoms with E-state index in [0.29, 0.717) is 18.7 Å². The number of carbonyl (C=O) groups excluding carboxylic acids is 1. The van der Waals surface area contributed by atoms with Gasteiger partial charge >= 0.3 is 0 Å². The Morgan fingerprint density at radius 1 is 1.36 bits per heavy atom. The van der Waals surface area contributed by atoms with Crippen LogP contribution in [0.15, 0.2) is 24.3 Å². The largest absolute Gasteiger partial charge is 0.373 e. The van der Waals surface area contributed by atoms with Crippen molar-refractivity contribution in [3.63, 3.8) is 0 Å². The molecule has 6 heteroatoms. The van der Waals surface area contributed by atoms with E-state index >= 15 is 0 Å². The van der Waals surface area contributed by atoms with E-state index in [1.165, 1.54) is 0 Å². The van der Waals surface area contributed by atoms with Gasteiger partial charge in [0.2, 0.25) is 0 Å². The van der Waals surface area contributed by atoms with Gasteiger partial charge in [0.1, 0.15) is 0 Å². The van der Waals surface area contributed by atoms with Crippen LogP contribution in [0.25, 0.3) is 0 Å². The van der Waals surface area contributed by atoms with Gasteiger partial charge in [0.15, 0.2) is 0 Å². The van der Waals surface area contributed by atoms with Gasteiger partial charge in [0.05, 0.1) is 12.2 Å². The molecule has 1 aliphatic heterocycles. The molecular weight excluding hydrogens is 302 g/mol. The summed E-state index contributed by atoms with van der Waals surface area (Å²) in [4.78, 5) is 14.3. The molecule has 1 saturated heterocycles. The second kappa shape index (κ2) is 8.48. The molecule has 1 aliphatic rings. The zero-order valence-corrected chi connectivity index (χ0v) is 14.1. The highest BCUT2D eigenvalue weighted by Crippen LogP contribution is 2.15. The number of nitrogens with zero attached hydrogens (tertiary/aromatic N) is 1. The van der Waals surface area contributed by atoms with Crippen molar-refractivity contribution in [2.45, 2.75) is 26.0 Å². The quantitative estimate of drug-likeness (QED) is 0.858. The number of amides is 1. The number of carbonyl (C=O) groups is 1. The molecule has 124 valence electrons. The predicted octanol–water partition coefficient (Wildman–Crippen LogP) is 1.41. The zero-order valence-electron chi connectivity index (χ0n) is 13.3. The van der Waals surface area contributed by atoms with Crippen molar-refractivity contribution in [2.24, 2.45) is 5.73 Å². The number of ether oxygens (including phenoxy) is 1. The summed E-state index contributed by atoms with van der Waals surface area (Å²) in [6.45, 7) is 8.75. The lowest BCUT2D eigenvalue weighted by atomic mass is 10.1. The van der Waals surface area contributed by atoms with Crippen molar-refractivity contribution in [2.75, 3.05) is 32.8 Å². The van der Waals surface area contributed by atoms with Crippen LogP contribution in [0.4, 0.5) is 0 Å². The molecule has 0 aromatic heterocycles. The summed E-state index contributed by atoms with van der Waals surface area (Å²) in [6, 6.07) is 7.41. The van der Waals surface area contributed by atoms with Crippen LogP contribution < -0.4 is 11.1 Å². The fourth-order valence-corrected chi connectivity index (χ4v) is 2.53. The predicted molar refractivity (Wildman–Crippen MR) is 90.4 cm³/mol. The molecule has 0 saturated carbocycles. The monoisotopic (exact) mass is 327 g/mol. The van der Waals surface area contributed by atoms with E-state index in [2.05, 4.69) is 24.1 Å². The third-order valence-electron chi connectivity index (χ3n) is 3.67. The number of morpholine rings is 1. The van der Waals surface area contributed by atoms with Crippen LogP contribution in [0.1, 0.15) is 29.8 Å². The molecule has 1 aromatic carbocycles. The summed E-state index contributed by atoms with van der Waals surface area (Å²) < 4.78 is 5.67. The van der Waals surface area contributed by atoms with Crippen LogP contribution in [0.3, 0.4) is 0 Å². The summed E-state index contributed by atoms with van der Waals surface area (Å²) in [5.74, 6) is -0.0360. The van der Waals surface area contributed by atoms with E-state index < -0.39 is 0 Å². The number of halogens is 1. The van der Waals surface area contributed by atoms with Crippen molar-refractivity contribution >= 4 is 18.3 Å². The molecule has 3 N–H and O–H groups in total. The lowest BCUT2D eigenvalue weighted by Gasteiger charge is -2.38. The van der Waals surface area contributed by atoms with Crippen LogP contribution in [-0.2, 0) is 11.3 Å². The van der Waals surface area contributed by atoms with Crippen LogP contribution >= 0.6 is 12.4 Å². The molecule has 0 spiro atoms. The summed E-state index contributed by atoms with van der Waals surface area (Å²) in [6.07, 6.45) is 0. The van der Waals surface area contributed by atoms with Gasteiger partial charge in [0.25, 0.3) is 5.91 Å². The lowest BCUT2D eigenvalue weighted by Crippen LogP contribution is -2.50. The molecule has 1 aromatic rings. The topological polar surface area (TPSA) is 67.6 Å². The molecule has 0 atom stereocenters. The average molecular weight is 328 g/mol. The Hall–Kier alpha value is -1.14. The minimum Gasteiger partial charge on any atom is -0.373 e. The molecule has 1 amide bonds. The fraction of sp³-hybridized carbons (Fsp3) is 0.562. The molecule has 1 heterocycles. The number of hydrogen-bond acceptors (Lipinski definition) is 4. The van der Waals surface area contributed by atoms with E-state index in [0.717, 1.165) is 31.8 Å². The Balaban J connectivity index is 0.00000242. The van der Waals surface area contributed by atoms with Crippen molar-refractivity contribution in [1.29, 1.82) is 0 Å². The van der Waals surface area contributed by atoms with Gasteiger partial charge in [-0.15, -0.1) is 12.4 Å². The van der Waals surface area contributed by atoms with Crippen molar-refractivity contribution < 1.29 is 9.53 Å². The SMILES string of the molecule is CC1(C)CN(CCNC(=O)c2ccc(CN)cc2)CCO1.Cl. The third-order valence-corrected chi connectivity index (χ3v) is 3.67. The Labute approximate surface area is 138 Å². The molecular formula is C16H26ClN3O2. The minimum absolute atomic E-state index is 0. The molecule has 22 heavy (non-hydrogen) atoms. The minimum atomic E-state index is -0.0969. The summed E-state index contributed by atoms with van der Waals surface area (Å²) in [5, 5.41) is 2.96. The third kappa shape index (κ3) is 5.57. The van der Waals surface area contributed by atoms with E-state index in [-0.39, 0.29) is 23.9 Å². The van der Waals surface area contributed by atoms with Gasteiger partial charge in [-0.25, -0.2) is 0 Å². The van der Waals surface area contributed by atoms with Crippen LogP contribution in [-0.4, -0.2) is 49.2 Å². The van der Waals surface area contributed by atoms with Gasteiger partial charge in [-0.1, -0.05) is 12.1 Å². The smallest absolute Gasteiger partial charge is 0.251 e. The first-order valence-electron chi connectivity index (χ1n) is 7.44. The molecule has 2 rings (SSSR count). The molecule has 1 fully saturated rings. The van der Waals surface area contributed by atoms with Gasteiger partial charge in [0, 0.05) is 38.3 Å². The maximum absolute atomic E-state index is 12.0. The first kappa shape index (κ1) is 18.9. The molecule has 0 radical (unpaired) electrons. The Morgan fingerprint density at radius 3 is 2.64 bits per heavy atom. The number of rotatable bonds is 5. The van der Waals surface area contributed by atoms with E-state index in [1.807, 2.05) is 24.3 Å². The highest BCUT2D eigenvalue weighted by molar-refractivity contribution is 5.94. The van der Waals surface area contributed by atoms with E-state index in [1.54, 1.807) is 0 Å². The molecule has 0 unspecified atom stereocenters. The highest BCUT2D eigenvalue weighted by Gasteiger charge is 2.26. The van der Waals surface area contributed by atoms with Crippen LogP contribution in [0.5, 0.6) is 0 Å². The number of benzene rings is 1. The summed E-state index contributed by atoms with van der Waals surface area (Å²) in [7, 11) is 0. The summed E-state index contributed by atoms with van der Waals surface area (Å²) in [5.41, 5.74) is 7.15. The molecule has 0 bridgehead atoms. The standard InChI is InChI=1S/C16H25N3O2.ClH/c1-16(2)12-19(9-10-21-16)8-7-18-15(20)14-5-3-13(11-17)4-6-14;/h3-6H,7-12,17H2,1-2H3,(H,18,20);1H. The van der Waals surface area contributed by atoms with Gasteiger partial charge in [-0.05, 0) is 31.5 Å². The van der Waals surface area contributed by atoms with E-state index in [9.17, 15) is 4.79 Å². The van der Waals surface area contributed by atoms with Gasteiger partial charge < -0.3 is 15.8 Å². The van der Waals surface area contributed by atoms with Crippen LogP contribution in [0.2, 0.25) is 0 Å². The van der Waals surface area contributed by atoms with Crippen LogP contribution in [0, 0.1) is 0 Å². The number of hydrogen-bond donors (Lipinski definition) is 2. The summed E-state index contributed by atoms with van der Waals surface area (Å²) >= 11 is 0. The molecule has 5 nitrogen and oxygen atoms in total. The zero-order chi connectivity index (χ0) is 15.3. The maximum atomic E-state index is 12.0. The van der Waals surface area contributed by atoms with Crippen molar-refractivity contribution in [3.05, 3.63) is 35.4 Å². The van der Waals surface area contributed by atoms with Crippen molar-refractivity contribution in [3.8, 4) is 0 Å². The first-order chi connectivity index (χ1) is 10.00. The fourth-order valence-electron chi connectivity index (χ4n) is 2.53. The van der Waals surface area contributed by atoms with Gasteiger partial charge in [-0.2, -0.15) is 0 Å². The second-order valence-electron chi connectivity index (χ2n) is 6.04. The number of nitrogens with two attached hydrogens (primary N) is 1. The first-order valence-corrected chi connectivity index (χ1v) is 7.44. The Bertz CT molecular complexity index is 477. The Kier molecular flexibility index (Phi) is 7.29. The van der Waals surface area contributed by atoms with Gasteiger partial charge in [-0.3, -0.25) is 9.69 Å². The van der Waals surface area contributed by atoms with E-state index in [4.69, 9.17) is 10.5 Å². The van der Waals surface area contributed by atoms with Crippen molar-refractivity contribution in [1.82, 2.24) is 10.2 Å². The lowest BCUT2D eigenvalue weighted by molar-refractivity contribution is -0.0853. The molecule has 0 aliphatic carbocycles. The average Bonchev–Trinajstić information content (AvgIpc) is 2.46. The Morgan fingerprint density at radius 2 is 2.05 bits per heavy atom. The second-order valence-corrected chi connectivity index (χ2v) is 6.04.